The first-order chi connectivity index (χ1) is 11.4. The molecule has 0 saturated carbocycles. The third-order valence-electron chi connectivity index (χ3n) is 3.84. The molecule has 0 unspecified atom stereocenters. The summed E-state index contributed by atoms with van der Waals surface area (Å²) in [6.07, 6.45) is 0. The molecule has 0 atom stereocenters. The lowest BCUT2D eigenvalue weighted by atomic mass is 9.96. The highest BCUT2D eigenvalue weighted by Crippen LogP contribution is 2.39. The van der Waals surface area contributed by atoms with E-state index in [1.807, 2.05) is 66.7 Å². The second-order valence-corrected chi connectivity index (χ2v) is 5.33. The predicted molar refractivity (Wildman–Crippen MR) is 92.8 cm³/mol. The highest BCUT2D eigenvalue weighted by molar-refractivity contribution is 5.90. The number of hydrogen-bond donors (Lipinski definition) is 0. The van der Waals surface area contributed by atoms with Gasteiger partial charge in [-0.1, -0.05) is 96.2 Å². The molecule has 0 bridgehead atoms. The first kappa shape index (κ1) is 13.5. The molecule has 4 aromatic rings. The van der Waals surface area contributed by atoms with Crippen molar-refractivity contribution >= 4 is 0 Å². The molecule has 0 aliphatic carbocycles. The molecule has 0 amide bonds. The summed E-state index contributed by atoms with van der Waals surface area (Å²) in [5.41, 5.74) is 5.09. The Hall–Kier alpha value is -3.13. The van der Waals surface area contributed by atoms with Crippen LogP contribution in [0.3, 0.4) is 0 Å². The molecule has 0 aliphatic heterocycles. The van der Waals surface area contributed by atoms with E-state index in [4.69, 9.17) is 4.52 Å². The van der Waals surface area contributed by atoms with Crippen LogP contribution < -0.4 is 0 Å². The molecule has 0 spiro atoms. The van der Waals surface area contributed by atoms with Crippen LogP contribution >= 0.6 is 0 Å². The predicted octanol–water partition coefficient (Wildman–Crippen LogP) is 5.68. The van der Waals surface area contributed by atoms with E-state index in [-0.39, 0.29) is 0 Å². The van der Waals surface area contributed by atoms with Crippen molar-refractivity contribution in [2.45, 2.75) is 0 Å². The lowest BCUT2D eigenvalue weighted by Crippen LogP contribution is -1.84. The van der Waals surface area contributed by atoms with Crippen molar-refractivity contribution in [3.63, 3.8) is 0 Å². The lowest BCUT2D eigenvalue weighted by Gasteiger charge is -2.05. The normalized spacial score (nSPS) is 10.6. The molecule has 2 heteroatoms. The Morgan fingerprint density at radius 3 is 1.57 bits per heavy atom. The third kappa shape index (κ3) is 2.55. The lowest BCUT2D eigenvalue weighted by molar-refractivity contribution is 0.435. The van der Waals surface area contributed by atoms with Gasteiger partial charge >= 0.3 is 0 Å². The van der Waals surface area contributed by atoms with E-state index in [0.717, 1.165) is 33.7 Å². The number of hydrogen-bond acceptors (Lipinski definition) is 2. The zero-order valence-electron chi connectivity index (χ0n) is 12.5. The van der Waals surface area contributed by atoms with Crippen LogP contribution in [-0.4, -0.2) is 5.16 Å². The fraction of sp³-hybridized carbons (Fsp3) is 0. The molecule has 23 heavy (non-hydrogen) atoms. The highest BCUT2D eigenvalue weighted by Gasteiger charge is 2.20. The van der Waals surface area contributed by atoms with Gasteiger partial charge in [0.05, 0.1) is 5.56 Å². The van der Waals surface area contributed by atoms with Crippen LogP contribution in [0, 0.1) is 0 Å². The maximum atomic E-state index is 5.74. The summed E-state index contributed by atoms with van der Waals surface area (Å²) in [5, 5.41) is 4.36. The van der Waals surface area contributed by atoms with Crippen LogP contribution in [0.4, 0.5) is 0 Å². The molecular formula is C21H15NO. The summed E-state index contributed by atoms with van der Waals surface area (Å²) in [7, 11) is 0. The third-order valence-corrected chi connectivity index (χ3v) is 3.84. The molecule has 2 nitrogen and oxygen atoms in total. The molecule has 0 aliphatic rings. The summed E-state index contributed by atoms with van der Waals surface area (Å²) in [6, 6.07) is 30.5. The van der Waals surface area contributed by atoms with Gasteiger partial charge in [-0.25, -0.2) is 0 Å². The van der Waals surface area contributed by atoms with Crippen LogP contribution in [0.25, 0.3) is 33.7 Å². The summed E-state index contributed by atoms with van der Waals surface area (Å²) >= 11 is 0. The van der Waals surface area contributed by atoms with E-state index in [2.05, 4.69) is 29.4 Å². The standard InChI is InChI=1S/C21H15NO/c1-4-10-16(11-5-1)19-20(17-12-6-2-7-13-17)22-23-21(19)18-14-8-3-9-15-18/h1-15H. The molecule has 0 fully saturated rings. The highest BCUT2D eigenvalue weighted by atomic mass is 16.5. The van der Waals surface area contributed by atoms with E-state index in [9.17, 15) is 0 Å². The van der Waals surface area contributed by atoms with Gasteiger partial charge in [0.15, 0.2) is 5.76 Å². The molecule has 4 rings (SSSR count). The Bertz CT molecular complexity index is 840. The quantitative estimate of drug-likeness (QED) is 0.486. The molecule has 0 radical (unpaired) electrons. The second-order valence-electron chi connectivity index (χ2n) is 5.33. The van der Waals surface area contributed by atoms with Crippen molar-refractivity contribution < 1.29 is 4.52 Å². The first-order valence-corrected chi connectivity index (χ1v) is 7.59. The van der Waals surface area contributed by atoms with Gasteiger partial charge in [-0.3, -0.25) is 0 Å². The van der Waals surface area contributed by atoms with Crippen LogP contribution in [0.5, 0.6) is 0 Å². The fourth-order valence-electron chi connectivity index (χ4n) is 2.74. The minimum absolute atomic E-state index is 0.802. The molecule has 110 valence electrons. The van der Waals surface area contributed by atoms with Crippen molar-refractivity contribution in [3.05, 3.63) is 91.0 Å². The van der Waals surface area contributed by atoms with Gasteiger partial charge in [0.25, 0.3) is 0 Å². The van der Waals surface area contributed by atoms with Gasteiger partial charge in [-0.15, -0.1) is 0 Å². The van der Waals surface area contributed by atoms with E-state index in [1.54, 1.807) is 0 Å². The molecule has 0 N–H and O–H groups in total. The minimum Gasteiger partial charge on any atom is -0.355 e. The van der Waals surface area contributed by atoms with E-state index in [0.29, 0.717) is 0 Å². The molecule has 0 saturated heterocycles. The second kappa shape index (κ2) is 5.93. The van der Waals surface area contributed by atoms with E-state index >= 15 is 0 Å². The van der Waals surface area contributed by atoms with Gasteiger partial charge in [0.2, 0.25) is 0 Å². The van der Waals surface area contributed by atoms with Crippen molar-refractivity contribution in [1.29, 1.82) is 0 Å². The number of aromatic nitrogens is 1. The maximum absolute atomic E-state index is 5.74. The fourth-order valence-corrected chi connectivity index (χ4v) is 2.74. The molecule has 1 heterocycles. The van der Waals surface area contributed by atoms with Gasteiger partial charge in [-0.2, -0.15) is 0 Å². The minimum atomic E-state index is 0.802. The van der Waals surface area contributed by atoms with Gasteiger partial charge < -0.3 is 4.52 Å². The van der Waals surface area contributed by atoms with Gasteiger partial charge in [0, 0.05) is 11.1 Å². The largest absolute Gasteiger partial charge is 0.355 e. The summed E-state index contributed by atoms with van der Waals surface area (Å²) in [4.78, 5) is 0. The van der Waals surface area contributed by atoms with Gasteiger partial charge in [-0.05, 0) is 5.56 Å². The van der Waals surface area contributed by atoms with Crippen LogP contribution in [0.2, 0.25) is 0 Å². The maximum Gasteiger partial charge on any atom is 0.175 e. The van der Waals surface area contributed by atoms with Crippen molar-refractivity contribution in [1.82, 2.24) is 5.16 Å². The Morgan fingerprint density at radius 1 is 0.522 bits per heavy atom. The molecule has 3 aromatic carbocycles. The Kier molecular flexibility index (Phi) is 3.49. The zero-order valence-corrected chi connectivity index (χ0v) is 12.5. The van der Waals surface area contributed by atoms with Crippen molar-refractivity contribution in [3.8, 4) is 33.7 Å². The Morgan fingerprint density at radius 2 is 1.00 bits per heavy atom. The molecule has 1 aromatic heterocycles. The Balaban J connectivity index is 1.97. The summed E-state index contributed by atoms with van der Waals surface area (Å²) in [6.45, 7) is 0. The van der Waals surface area contributed by atoms with E-state index in [1.165, 1.54) is 0 Å². The SMILES string of the molecule is c1ccc(-c2noc(-c3ccccc3)c2-c2ccccc2)cc1. The Labute approximate surface area is 135 Å². The number of benzene rings is 3. The van der Waals surface area contributed by atoms with E-state index < -0.39 is 0 Å². The first-order valence-electron chi connectivity index (χ1n) is 7.59. The number of rotatable bonds is 3. The monoisotopic (exact) mass is 297 g/mol. The molecular weight excluding hydrogens is 282 g/mol. The summed E-state index contributed by atoms with van der Waals surface area (Å²) < 4.78 is 5.74. The smallest absolute Gasteiger partial charge is 0.175 e. The average molecular weight is 297 g/mol. The average Bonchev–Trinajstić information content (AvgIpc) is 3.09. The summed E-state index contributed by atoms with van der Waals surface area (Å²) in [5.74, 6) is 0.802. The number of nitrogens with zero attached hydrogens (tertiary/aromatic N) is 1. The van der Waals surface area contributed by atoms with Crippen molar-refractivity contribution in [2.75, 3.05) is 0 Å². The zero-order chi connectivity index (χ0) is 15.5. The van der Waals surface area contributed by atoms with Gasteiger partial charge in [0.1, 0.15) is 5.69 Å². The van der Waals surface area contributed by atoms with Crippen molar-refractivity contribution in [2.24, 2.45) is 0 Å². The topological polar surface area (TPSA) is 26.0 Å². The van der Waals surface area contributed by atoms with Crippen LogP contribution in [0.15, 0.2) is 95.5 Å². The van der Waals surface area contributed by atoms with Crippen LogP contribution in [0.1, 0.15) is 0 Å². The van der Waals surface area contributed by atoms with Crippen LogP contribution in [-0.2, 0) is 0 Å².